The van der Waals surface area contributed by atoms with Crippen molar-refractivity contribution in [3.05, 3.63) is 34.9 Å². The first kappa shape index (κ1) is 19.8. The molecule has 1 aliphatic carbocycles. The van der Waals surface area contributed by atoms with Gasteiger partial charge >= 0.3 is 5.97 Å². The largest absolute Gasteiger partial charge is 0.477 e. The van der Waals surface area contributed by atoms with Crippen LogP contribution in [-0.2, 0) is 4.79 Å². The fourth-order valence-electron chi connectivity index (χ4n) is 4.25. The molecule has 2 N–H and O–H groups in total. The molecule has 1 saturated heterocycles. The third-order valence-corrected chi connectivity index (χ3v) is 6.12. The smallest absolute Gasteiger partial charge is 0.343 e. The van der Waals surface area contributed by atoms with E-state index in [9.17, 15) is 14.7 Å². The van der Waals surface area contributed by atoms with E-state index in [2.05, 4.69) is 10.5 Å². The average molecular weight is 418 g/mol. The molecule has 1 amide bonds. The molecule has 29 heavy (non-hydrogen) atoms. The number of halogens is 1. The van der Waals surface area contributed by atoms with Gasteiger partial charge in [0.2, 0.25) is 5.91 Å². The number of hydrogen-bond acceptors (Lipinski definition) is 5. The number of benzene rings is 1. The highest BCUT2D eigenvalue weighted by Crippen LogP contribution is 2.32. The number of carbonyl (C=O) groups excluding carboxylic acids is 1. The van der Waals surface area contributed by atoms with Crippen LogP contribution in [0.3, 0.4) is 0 Å². The topological polar surface area (TPSA) is 95.7 Å². The maximum Gasteiger partial charge on any atom is 0.343 e. The lowest BCUT2D eigenvalue weighted by atomic mass is 10.0. The van der Waals surface area contributed by atoms with Gasteiger partial charge in [-0.05, 0) is 49.9 Å². The van der Waals surface area contributed by atoms with E-state index in [0.717, 1.165) is 38.5 Å². The van der Waals surface area contributed by atoms with Crippen LogP contribution in [0.15, 0.2) is 28.8 Å². The van der Waals surface area contributed by atoms with Gasteiger partial charge in [0.25, 0.3) is 0 Å². The van der Waals surface area contributed by atoms with Crippen LogP contribution in [0.5, 0.6) is 0 Å². The Morgan fingerprint density at radius 1 is 1.10 bits per heavy atom. The van der Waals surface area contributed by atoms with E-state index >= 15 is 0 Å². The van der Waals surface area contributed by atoms with E-state index in [1.807, 2.05) is 4.90 Å². The zero-order valence-corrected chi connectivity index (χ0v) is 16.8. The van der Waals surface area contributed by atoms with Gasteiger partial charge in [0, 0.05) is 35.6 Å². The Morgan fingerprint density at radius 3 is 2.38 bits per heavy atom. The number of aromatic carboxylic acids is 1. The summed E-state index contributed by atoms with van der Waals surface area (Å²) >= 11 is 5.91. The van der Waals surface area contributed by atoms with Crippen molar-refractivity contribution in [1.29, 1.82) is 0 Å². The zero-order valence-electron chi connectivity index (χ0n) is 16.1. The van der Waals surface area contributed by atoms with Crippen LogP contribution in [0.1, 0.15) is 48.9 Å². The summed E-state index contributed by atoms with van der Waals surface area (Å²) in [6.45, 7) is 1.36. The molecule has 154 valence electrons. The van der Waals surface area contributed by atoms with Crippen LogP contribution in [0.25, 0.3) is 11.3 Å². The maximum atomic E-state index is 12.6. The minimum atomic E-state index is -1.10. The standard InChI is InChI=1S/C21H24ClN3O4/c22-15-7-5-13(6-8-15)18-17(21(27)28)19(24-29-18)23-16-9-11-25(12-10-16)20(26)14-3-1-2-4-14/h5-8,14,16H,1-4,9-12H2,(H,23,24)(H,27,28). The van der Waals surface area contributed by atoms with Gasteiger partial charge in [-0.2, -0.15) is 0 Å². The zero-order chi connectivity index (χ0) is 20.4. The van der Waals surface area contributed by atoms with E-state index in [0.29, 0.717) is 23.7 Å². The van der Waals surface area contributed by atoms with Gasteiger partial charge in [0.15, 0.2) is 17.1 Å². The number of carbonyl (C=O) groups is 2. The fourth-order valence-corrected chi connectivity index (χ4v) is 4.38. The first-order valence-corrected chi connectivity index (χ1v) is 10.4. The van der Waals surface area contributed by atoms with Gasteiger partial charge in [-0.3, -0.25) is 4.79 Å². The van der Waals surface area contributed by atoms with E-state index in [-0.39, 0.29) is 35.0 Å². The Labute approximate surface area is 174 Å². The maximum absolute atomic E-state index is 12.6. The molecule has 1 aromatic carbocycles. The molecule has 8 heteroatoms. The summed E-state index contributed by atoms with van der Waals surface area (Å²) in [7, 11) is 0. The molecule has 0 spiro atoms. The molecule has 0 atom stereocenters. The van der Waals surface area contributed by atoms with Crippen molar-refractivity contribution in [1.82, 2.24) is 10.1 Å². The summed E-state index contributed by atoms with van der Waals surface area (Å²) in [5, 5.41) is 17.4. The molecule has 1 aromatic heterocycles. The number of nitrogens with one attached hydrogen (secondary N) is 1. The second-order valence-electron chi connectivity index (χ2n) is 7.77. The summed E-state index contributed by atoms with van der Waals surface area (Å²) in [5.74, 6) is -0.213. The van der Waals surface area contributed by atoms with Crippen molar-refractivity contribution < 1.29 is 19.2 Å². The molecule has 0 radical (unpaired) electrons. The quantitative estimate of drug-likeness (QED) is 0.753. The summed E-state index contributed by atoms with van der Waals surface area (Å²) in [4.78, 5) is 26.4. The number of anilines is 1. The third kappa shape index (κ3) is 4.24. The molecule has 0 bridgehead atoms. The lowest BCUT2D eigenvalue weighted by Crippen LogP contribution is -2.44. The summed E-state index contributed by atoms with van der Waals surface area (Å²) in [6.07, 6.45) is 5.81. The van der Waals surface area contributed by atoms with Crippen molar-refractivity contribution in [2.24, 2.45) is 5.92 Å². The molecule has 2 heterocycles. The van der Waals surface area contributed by atoms with Crippen molar-refractivity contribution >= 4 is 29.3 Å². The molecule has 1 saturated carbocycles. The number of carboxylic acid groups (broad SMARTS) is 1. The minimum Gasteiger partial charge on any atom is -0.477 e. The number of hydrogen-bond donors (Lipinski definition) is 2. The molecular weight excluding hydrogens is 394 g/mol. The highest BCUT2D eigenvalue weighted by molar-refractivity contribution is 6.30. The fraction of sp³-hybridized carbons (Fsp3) is 0.476. The Hall–Kier alpha value is -2.54. The number of nitrogens with zero attached hydrogens (tertiary/aromatic N) is 2. The average Bonchev–Trinajstić information content (AvgIpc) is 3.39. The third-order valence-electron chi connectivity index (χ3n) is 5.86. The number of rotatable bonds is 5. The molecule has 4 rings (SSSR count). The summed E-state index contributed by atoms with van der Waals surface area (Å²) < 4.78 is 5.35. The van der Waals surface area contributed by atoms with Gasteiger partial charge in [-0.1, -0.05) is 29.6 Å². The summed E-state index contributed by atoms with van der Waals surface area (Å²) in [6, 6.07) is 6.80. The van der Waals surface area contributed by atoms with Gasteiger partial charge in [0.1, 0.15) is 0 Å². The van der Waals surface area contributed by atoms with Crippen LogP contribution >= 0.6 is 11.6 Å². The van der Waals surface area contributed by atoms with Crippen molar-refractivity contribution in [2.45, 2.75) is 44.6 Å². The van der Waals surface area contributed by atoms with E-state index < -0.39 is 5.97 Å². The molecule has 2 fully saturated rings. The van der Waals surface area contributed by atoms with Crippen LogP contribution < -0.4 is 5.32 Å². The first-order valence-electron chi connectivity index (χ1n) is 10.1. The van der Waals surface area contributed by atoms with Gasteiger partial charge in [-0.15, -0.1) is 0 Å². The monoisotopic (exact) mass is 417 g/mol. The number of carboxylic acids is 1. The Balaban J connectivity index is 1.43. The van der Waals surface area contributed by atoms with Crippen molar-refractivity contribution in [2.75, 3.05) is 18.4 Å². The predicted molar refractivity (Wildman–Crippen MR) is 109 cm³/mol. The second kappa shape index (κ2) is 8.45. The van der Waals surface area contributed by atoms with Crippen LogP contribution in [0.4, 0.5) is 5.82 Å². The molecular formula is C21H24ClN3O4. The van der Waals surface area contributed by atoms with E-state index in [1.165, 1.54) is 0 Å². The minimum absolute atomic E-state index is 0.0109. The number of amides is 1. The normalized spacial score (nSPS) is 18.2. The molecule has 1 aliphatic heterocycles. The van der Waals surface area contributed by atoms with Crippen LogP contribution in [0.2, 0.25) is 5.02 Å². The first-order chi connectivity index (χ1) is 14.0. The Morgan fingerprint density at radius 2 is 1.76 bits per heavy atom. The number of aromatic nitrogens is 1. The Bertz CT molecular complexity index is 882. The highest BCUT2D eigenvalue weighted by Gasteiger charge is 2.31. The number of piperidine rings is 1. The van der Waals surface area contributed by atoms with Crippen LogP contribution in [-0.4, -0.2) is 46.2 Å². The second-order valence-corrected chi connectivity index (χ2v) is 8.21. The van der Waals surface area contributed by atoms with Gasteiger partial charge in [0.05, 0.1) is 0 Å². The highest BCUT2D eigenvalue weighted by atomic mass is 35.5. The molecule has 7 nitrogen and oxygen atoms in total. The number of likely N-dealkylation sites (tertiary alicyclic amines) is 1. The van der Waals surface area contributed by atoms with Crippen molar-refractivity contribution in [3.63, 3.8) is 0 Å². The van der Waals surface area contributed by atoms with Gasteiger partial charge < -0.3 is 19.8 Å². The summed E-state index contributed by atoms with van der Waals surface area (Å²) in [5.41, 5.74) is 0.612. The van der Waals surface area contributed by atoms with Crippen LogP contribution in [0, 0.1) is 5.92 Å². The van der Waals surface area contributed by atoms with E-state index in [1.54, 1.807) is 24.3 Å². The lowest BCUT2D eigenvalue weighted by molar-refractivity contribution is -0.136. The van der Waals surface area contributed by atoms with Crippen molar-refractivity contribution in [3.8, 4) is 11.3 Å². The van der Waals surface area contributed by atoms with E-state index in [4.69, 9.17) is 16.1 Å². The molecule has 0 unspecified atom stereocenters. The molecule has 2 aromatic rings. The Kier molecular flexibility index (Phi) is 5.76. The van der Waals surface area contributed by atoms with Gasteiger partial charge in [-0.25, -0.2) is 4.79 Å². The lowest BCUT2D eigenvalue weighted by Gasteiger charge is -2.34. The predicted octanol–water partition coefficient (Wildman–Crippen LogP) is 4.29. The molecule has 2 aliphatic rings. The SMILES string of the molecule is O=C(O)c1c(NC2CCN(C(=O)C3CCCC3)CC2)noc1-c1ccc(Cl)cc1.